The summed E-state index contributed by atoms with van der Waals surface area (Å²) in [5.41, 5.74) is 0.591. The molecule has 0 fully saturated rings. The molecule has 0 aliphatic rings. The van der Waals surface area contributed by atoms with Gasteiger partial charge in [-0.15, -0.1) is 18.1 Å². The van der Waals surface area contributed by atoms with Crippen LogP contribution in [0.2, 0.25) is 5.02 Å². The highest BCUT2D eigenvalue weighted by atomic mass is 79.9. The lowest BCUT2D eigenvalue weighted by Crippen LogP contribution is -2.24. The minimum absolute atomic E-state index is 0.0493. The monoisotopic (exact) mass is 512 g/mol. The second-order valence-electron chi connectivity index (χ2n) is 6.06. The lowest BCUT2D eigenvalue weighted by molar-refractivity contribution is -0.274. The number of hydrogen-bond acceptors (Lipinski definition) is 4. The van der Waals surface area contributed by atoms with Gasteiger partial charge in [0.1, 0.15) is 5.75 Å². The van der Waals surface area contributed by atoms with Crippen LogP contribution in [0.15, 0.2) is 50.3 Å². The molecule has 11 heteroatoms. The second kappa shape index (κ2) is 9.36. The Hall–Kier alpha value is -1.78. The Morgan fingerprint density at radius 3 is 2.55 bits per heavy atom. The van der Waals surface area contributed by atoms with Crippen LogP contribution in [-0.2, 0) is 6.54 Å². The number of halogens is 5. The summed E-state index contributed by atoms with van der Waals surface area (Å²) in [4.78, 5) is 24.6. The number of amides is 1. The predicted molar refractivity (Wildman–Crippen MR) is 112 cm³/mol. The van der Waals surface area contributed by atoms with E-state index in [1.54, 1.807) is 24.5 Å². The number of nitrogens with zero attached hydrogens (tertiary/aromatic N) is 1. The third-order valence-electron chi connectivity index (χ3n) is 4.03. The molecule has 0 spiro atoms. The normalized spacial score (nSPS) is 14.6. The maximum Gasteiger partial charge on any atom is 0.573 e. The average molecular weight is 514 g/mol. The largest absolute Gasteiger partial charge is 0.573 e. The van der Waals surface area contributed by atoms with E-state index in [4.69, 9.17) is 11.6 Å². The zero-order valence-corrected chi connectivity index (χ0v) is 18.5. The van der Waals surface area contributed by atoms with Gasteiger partial charge in [-0.2, -0.15) is 0 Å². The van der Waals surface area contributed by atoms with Crippen LogP contribution in [0, 0.1) is 4.91 Å². The first-order valence-electron chi connectivity index (χ1n) is 8.21. The molecule has 1 unspecified atom stereocenters. The van der Waals surface area contributed by atoms with Crippen molar-refractivity contribution < 1.29 is 22.7 Å². The van der Waals surface area contributed by atoms with Crippen molar-refractivity contribution in [3.63, 3.8) is 0 Å². The Morgan fingerprint density at radius 1 is 1.28 bits per heavy atom. The molecule has 2 aromatic rings. The van der Waals surface area contributed by atoms with Crippen LogP contribution in [0.25, 0.3) is 0 Å². The van der Waals surface area contributed by atoms with E-state index in [2.05, 4.69) is 30.6 Å². The zero-order valence-electron chi connectivity index (χ0n) is 15.3. The molecule has 0 saturated carbocycles. The van der Waals surface area contributed by atoms with Crippen LogP contribution in [0.3, 0.4) is 0 Å². The quantitative estimate of drug-likeness (QED) is 0.434. The van der Waals surface area contributed by atoms with E-state index in [1.165, 1.54) is 6.07 Å². The highest BCUT2D eigenvalue weighted by Gasteiger charge is 2.31. The zero-order chi connectivity index (χ0) is 21.8. The molecule has 0 heterocycles. The molecule has 0 radical (unpaired) electrons. The molecule has 5 nitrogen and oxygen atoms in total. The molecule has 1 amide bonds. The van der Waals surface area contributed by atoms with Gasteiger partial charge < -0.3 is 10.1 Å². The third-order valence-corrected chi connectivity index (χ3v) is 7.54. The van der Waals surface area contributed by atoms with E-state index >= 15 is 0 Å². The summed E-state index contributed by atoms with van der Waals surface area (Å²) in [6.07, 6.45) is -3.13. The van der Waals surface area contributed by atoms with E-state index in [0.29, 0.717) is 11.3 Å². The molecule has 0 aliphatic carbocycles. The first-order valence-corrected chi connectivity index (χ1v) is 11.5. The van der Waals surface area contributed by atoms with Crippen LogP contribution < -0.4 is 10.1 Å². The number of carbonyl (C=O) groups excluding carboxylic acids is 1. The smallest absolute Gasteiger partial charge is 0.406 e. The van der Waals surface area contributed by atoms with E-state index in [0.717, 1.165) is 21.5 Å². The van der Waals surface area contributed by atoms with Gasteiger partial charge in [-0.1, -0.05) is 44.7 Å². The van der Waals surface area contributed by atoms with E-state index in [-0.39, 0.29) is 17.1 Å². The molecule has 158 valence electrons. The predicted octanol–water partition coefficient (Wildman–Crippen LogP) is 6.43. The van der Waals surface area contributed by atoms with Crippen LogP contribution in [0.4, 0.5) is 13.2 Å². The Balaban J connectivity index is 2.26. The maximum absolute atomic E-state index is 12.5. The van der Waals surface area contributed by atoms with Gasteiger partial charge in [0.2, 0.25) is 0 Å². The Labute approximate surface area is 180 Å². The summed E-state index contributed by atoms with van der Waals surface area (Å²) in [7, 11) is -1.96. The topological polar surface area (TPSA) is 67.8 Å². The molecule has 0 aliphatic heterocycles. The summed E-state index contributed by atoms with van der Waals surface area (Å²) >= 11 is 9.16. The molecule has 1 N–H and O–H groups in total. The summed E-state index contributed by atoms with van der Waals surface area (Å²) in [6.45, 7) is 1.91. The first kappa shape index (κ1) is 23.5. The average Bonchev–Trinajstić information content (AvgIpc) is 2.63. The van der Waals surface area contributed by atoms with Gasteiger partial charge >= 0.3 is 6.36 Å². The molecular weight excluding hydrogens is 497 g/mol. The first-order chi connectivity index (χ1) is 13.5. The lowest BCUT2D eigenvalue weighted by atomic mass is 10.2. The van der Waals surface area contributed by atoms with Crippen molar-refractivity contribution in [1.82, 2.24) is 5.32 Å². The van der Waals surface area contributed by atoms with Gasteiger partial charge in [-0.25, -0.2) is 0 Å². The Morgan fingerprint density at radius 2 is 1.97 bits per heavy atom. The molecule has 0 aromatic heterocycles. The van der Waals surface area contributed by atoms with Gasteiger partial charge in [0, 0.05) is 26.5 Å². The summed E-state index contributed by atoms with van der Waals surface area (Å²) in [5.74, 6) is -0.699. The Kier molecular flexibility index (Phi) is 7.58. The minimum atomic E-state index is -4.90. The van der Waals surface area contributed by atoms with E-state index < -0.39 is 28.2 Å². The number of nitrogens with one attached hydrogen (secondary N) is 1. The number of hydrogen-bond donors (Lipinski definition) is 1. The molecular formula is C18H17BrClF3N2O3S. The summed E-state index contributed by atoms with van der Waals surface area (Å²) in [6, 6.07) is 8.47. The van der Waals surface area contributed by atoms with Crippen LogP contribution in [-0.4, -0.2) is 24.3 Å². The van der Waals surface area contributed by atoms with Crippen molar-refractivity contribution in [3.05, 3.63) is 61.9 Å². The van der Waals surface area contributed by atoms with Gasteiger partial charge in [0.05, 0.1) is 0 Å². The third kappa shape index (κ3) is 6.35. The number of rotatable bonds is 7. The second-order valence-corrected chi connectivity index (χ2v) is 10.7. The standard InChI is InChI=1S/C18H17BrClF3N2O3S/c1-3-29(2,25-27)16-5-4-13(19)6-12(16)10-24-17(26)11-7-14(20)9-15(8-11)28-18(21,22)23/h4-9H,3,10H2,1-2H3,(H,24,26). The van der Waals surface area contributed by atoms with Crippen LogP contribution in [0.1, 0.15) is 22.8 Å². The van der Waals surface area contributed by atoms with E-state index in [1.807, 2.05) is 6.92 Å². The fraction of sp³-hybridized carbons (Fsp3) is 0.278. The van der Waals surface area contributed by atoms with Crippen molar-refractivity contribution in [2.45, 2.75) is 24.7 Å². The lowest BCUT2D eigenvalue weighted by Gasteiger charge is -2.28. The molecule has 0 bridgehead atoms. The van der Waals surface area contributed by atoms with Crippen molar-refractivity contribution in [3.8, 4) is 5.75 Å². The van der Waals surface area contributed by atoms with E-state index in [9.17, 15) is 22.9 Å². The number of nitroso groups, excluding NO2 is 1. The number of benzene rings is 2. The number of ether oxygens (including phenoxy) is 1. The molecule has 1 atom stereocenters. The molecule has 29 heavy (non-hydrogen) atoms. The fourth-order valence-electron chi connectivity index (χ4n) is 2.53. The van der Waals surface area contributed by atoms with Gasteiger partial charge in [0.25, 0.3) is 5.91 Å². The molecule has 2 rings (SSSR count). The Bertz CT molecular complexity index is 930. The van der Waals surface area contributed by atoms with Crippen LogP contribution in [0.5, 0.6) is 5.75 Å². The highest BCUT2D eigenvalue weighted by Crippen LogP contribution is 2.55. The van der Waals surface area contributed by atoms with Gasteiger partial charge in [-0.3, -0.25) is 4.79 Å². The molecule has 2 aromatic carbocycles. The van der Waals surface area contributed by atoms with Gasteiger partial charge in [-0.05, 0) is 58.6 Å². The van der Waals surface area contributed by atoms with Crippen molar-refractivity contribution >= 4 is 43.7 Å². The van der Waals surface area contributed by atoms with Crippen molar-refractivity contribution in [2.24, 2.45) is 4.58 Å². The summed E-state index contributed by atoms with van der Waals surface area (Å²) < 4.78 is 45.2. The maximum atomic E-state index is 12.5. The van der Waals surface area contributed by atoms with Crippen LogP contribution >= 0.6 is 37.7 Å². The highest BCUT2D eigenvalue weighted by molar-refractivity contribution is 9.10. The number of alkyl halides is 3. The minimum Gasteiger partial charge on any atom is -0.406 e. The van der Waals surface area contributed by atoms with Crippen molar-refractivity contribution in [1.29, 1.82) is 0 Å². The van der Waals surface area contributed by atoms with Crippen molar-refractivity contribution in [2.75, 3.05) is 12.0 Å². The molecule has 0 saturated heterocycles. The summed E-state index contributed by atoms with van der Waals surface area (Å²) in [5, 5.41) is 2.56. The van der Waals surface area contributed by atoms with Gasteiger partial charge in [0.15, 0.2) is 0 Å². The number of carbonyl (C=O) groups is 1. The SMILES string of the molecule is CCS(C)(N=O)c1ccc(Br)cc1CNC(=O)c1cc(Cl)cc(OC(F)(F)F)c1. The fourth-order valence-corrected chi connectivity index (χ4v) is 4.71.